The molecule has 3 rings (SSSR count). The second-order valence-corrected chi connectivity index (χ2v) is 16.4. The van der Waals surface area contributed by atoms with Crippen molar-refractivity contribution in [2.45, 2.75) is 26.2 Å². The van der Waals surface area contributed by atoms with Crippen LogP contribution in [0.1, 0.15) is 15.9 Å². The highest BCUT2D eigenvalue weighted by Crippen LogP contribution is 2.36. The van der Waals surface area contributed by atoms with E-state index in [2.05, 4.69) is 68.9 Å². The Bertz CT molecular complexity index is 875. The summed E-state index contributed by atoms with van der Waals surface area (Å²) < 4.78 is 0. The quantitative estimate of drug-likeness (QED) is 0.647. The lowest BCUT2D eigenvalue weighted by atomic mass is 10.1. The first-order valence-electron chi connectivity index (χ1n) is 8.34. The van der Waals surface area contributed by atoms with E-state index >= 15 is 0 Å². The minimum atomic E-state index is -1.93. The molecule has 2 aromatic rings. The number of hydrogen-bond donors (Lipinski definition) is 0. The van der Waals surface area contributed by atoms with Crippen LogP contribution in [0.4, 0.5) is 0 Å². The van der Waals surface area contributed by atoms with Crippen molar-refractivity contribution >= 4 is 32.3 Å². The molecule has 1 aliphatic rings. The third kappa shape index (κ3) is 2.31. The van der Waals surface area contributed by atoms with Gasteiger partial charge >= 0.3 is 0 Å². The Hall–Kier alpha value is -1.98. The monoisotopic (exact) mass is 348 g/mol. The molecule has 0 bridgehead atoms. The van der Waals surface area contributed by atoms with Gasteiger partial charge in [-0.15, -0.1) is 13.2 Å². The van der Waals surface area contributed by atoms with Crippen molar-refractivity contribution in [3.63, 3.8) is 0 Å². The normalized spacial score (nSPS) is 13.4. The molecule has 0 saturated carbocycles. The van der Waals surface area contributed by atoms with Gasteiger partial charge in [0.1, 0.15) is 16.1 Å². The third-order valence-electron chi connectivity index (χ3n) is 5.25. The van der Waals surface area contributed by atoms with Gasteiger partial charge in [-0.1, -0.05) is 79.2 Å². The van der Waals surface area contributed by atoms with E-state index in [1.807, 2.05) is 18.2 Å². The Morgan fingerprint density at radius 1 is 0.792 bits per heavy atom. The summed E-state index contributed by atoms with van der Waals surface area (Å²) >= 11 is 0. The summed E-state index contributed by atoms with van der Waals surface area (Å²) in [6.45, 7) is 17.3. The fourth-order valence-corrected chi connectivity index (χ4v) is 8.84. The molecule has 0 amide bonds. The fourth-order valence-electron chi connectivity index (χ4n) is 3.53. The molecule has 0 radical (unpaired) electrons. The minimum absolute atomic E-state index is 0.175. The standard InChI is InChI=1S/C21H24OSi2/c1-7-23(3,4)18-14-13-16-15-11-9-10-12-17(15)20(22)19(16)21(18)24(5,6)8-2/h7-14H,1-2H2,3-6H3. The van der Waals surface area contributed by atoms with Gasteiger partial charge in [0.2, 0.25) is 0 Å². The number of benzene rings is 2. The summed E-state index contributed by atoms with van der Waals surface area (Å²) in [4.78, 5) is 13.2. The summed E-state index contributed by atoms with van der Waals surface area (Å²) in [5.74, 6) is 0.175. The average Bonchev–Trinajstić information content (AvgIpc) is 2.87. The second-order valence-electron chi connectivity index (χ2n) is 7.64. The van der Waals surface area contributed by atoms with Gasteiger partial charge in [0.15, 0.2) is 5.78 Å². The molecule has 122 valence electrons. The molecule has 0 aliphatic heterocycles. The van der Waals surface area contributed by atoms with Crippen LogP contribution in [-0.2, 0) is 0 Å². The van der Waals surface area contributed by atoms with E-state index in [0.717, 1.165) is 22.3 Å². The Balaban J connectivity index is 2.43. The maximum atomic E-state index is 13.2. The van der Waals surface area contributed by atoms with Crippen molar-refractivity contribution in [1.29, 1.82) is 0 Å². The van der Waals surface area contributed by atoms with E-state index in [1.54, 1.807) is 0 Å². The maximum absolute atomic E-state index is 13.2. The largest absolute Gasteiger partial charge is 0.289 e. The van der Waals surface area contributed by atoms with E-state index in [4.69, 9.17) is 0 Å². The number of ketones is 1. The van der Waals surface area contributed by atoms with Crippen molar-refractivity contribution in [2.24, 2.45) is 0 Å². The van der Waals surface area contributed by atoms with Gasteiger partial charge in [0.25, 0.3) is 0 Å². The highest BCUT2D eigenvalue weighted by Gasteiger charge is 2.38. The topological polar surface area (TPSA) is 17.1 Å². The van der Waals surface area contributed by atoms with Crippen LogP contribution in [0.2, 0.25) is 26.2 Å². The lowest BCUT2D eigenvalue weighted by Crippen LogP contribution is -2.59. The van der Waals surface area contributed by atoms with Gasteiger partial charge in [-0.3, -0.25) is 4.79 Å². The highest BCUT2D eigenvalue weighted by atomic mass is 28.3. The molecular weight excluding hydrogens is 324 g/mol. The van der Waals surface area contributed by atoms with E-state index in [9.17, 15) is 4.79 Å². The predicted molar refractivity (Wildman–Crippen MR) is 110 cm³/mol. The molecule has 2 aromatic carbocycles. The molecule has 0 aromatic heterocycles. The third-order valence-corrected chi connectivity index (χ3v) is 11.2. The number of rotatable bonds is 4. The SMILES string of the molecule is C=C[Si](C)(C)c1ccc2c(c1[Si](C)(C)C=C)C(=O)c1ccccc1-2. The number of hydrogen-bond acceptors (Lipinski definition) is 1. The molecule has 0 unspecified atom stereocenters. The Kier molecular flexibility index (Phi) is 3.89. The van der Waals surface area contributed by atoms with Gasteiger partial charge < -0.3 is 0 Å². The van der Waals surface area contributed by atoms with Crippen molar-refractivity contribution in [3.8, 4) is 11.1 Å². The Labute approximate surface area is 146 Å². The molecule has 24 heavy (non-hydrogen) atoms. The van der Waals surface area contributed by atoms with Crippen LogP contribution in [0.5, 0.6) is 0 Å². The molecule has 1 aliphatic carbocycles. The van der Waals surface area contributed by atoms with Crippen LogP contribution in [0.15, 0.2) is 61.0 Å². The van der Waals surface area contributed by atoms with Crippen LogP contribution in [-0.4, -0.2) is 21.9 Å². The van der Waals surface area contributed by atoms with Crippen molar-refractivity contribution < 1.29 is 4.79 Å². The number of carbonyl (C=O) groups is 1. The first-order valence-corrected chi connectivity index (χ1v) is 14.5. The molecule has 0 saturated heterocycles. The summed E-state index contributed by atoms with van der Waals surface area (Å²) in [6, 6.07) is 12.3. The zero-order chi connectivity index (χ0) is 17.7. The number of fused-ring (bicyclic) bond motifs is 3. The van der Waals surface area contributed by atoms with Gasteiger partial charge in [0.05, 0.1) is 0 Å². The van der Waals surface area contributed by atoms with Crippen LogP contribution in [0, 0.1) is 0 Å². The molecule has 0 fully saturated rings. The van der Waals surface area contributed by atoms with Crippen LogP contribution < -0.4 is 10.4 Å². The maximum Gasteiger partial charge on any atom is 0.194 e. The van der Waals surface area contributed by atoms with E-state index in [-0.39, 0.29) is 5.78 Å². The zero-order valence-electron chi connectivity index (χ0n) is 14.9. The van der Waals surface area contributed by atoms with Crippen LogP contribution >= 0.6 is 0 Å². The van der Waals surface area contributed by atoms with Crippen molar-refractivity contribution in [3.05, 3.63) is 72.1 Å². The van der Waals surface area contributed by atoms with Crippen molar-refractivity contribution in [2.75, 3.05) is 0 Å². The van der Waals surface area contributed by atoms with E-state index in [0.29, 0.717) is 0 Å². The zero-order valence-corrected chi connectivity index (χ0v) is 16.9. The molecule has 1 nitrogen and oxygen atoms in total. The molecule has 0 heterocycles. The fraction of sp³-hybridized carbons (Fsp3) is 0.190. The average molecular weight is 349 g/mol. The lowest BCUT2D eigenvalue weighted by Gasteiger charge is -2.31. The predicted octanol–water partition coefficient (Wildman–Crippen LogP) is 4.18. The summed E-state index contributed by atoms with van der Waals surface area (Å²) in [6.07, 6.45) is 0. The minimum Gasteiger partial charge on any atom is -0.289 e. The van der Waals surface area contributed by atoms with Gasteiger partial charge in [0, 0.05) is 11.1 Å². The van der Waals surface area contributed by atoms with Crippen LogP contribution in [0.3, 0.4) is 0 Å². The first kappa shape index (κ1) is 16.9. The van der Waals surface area contributed by atoms with Gasteiger partial charge in [-0.25, -0.2) is 0 Å². The summed E-state index contributed by atoms with van der Waals surface area (Å²) in [7, 11) is -3.73. The second kappa shape index (κ2) is 5.54. The van der Waals surface area contributed by atoms with Crippen molar-refractivity contribution in [1.82, 2.24) is 0 Å². The van der Waals surface area contributed by atoms with Gasteiger partial charge in [-0.05, 0) is 16.3 Å². The molecule has 3 heteroatoms. The Morgan fingerprint density at radius 2 is 1.38 bits per heavy atom. The van der Waals surface area contributed by atoms with E-state index < -0.39 is 16.1 Å². The highest BCUT2D eigenvalue weighted by molar-refractivity contribution is 7.03. The van der Waals surface area contributed by atoms with E-state index in [1.165, 1.54) is 10.4 Å². The molecule has 0 N–H and O–H groups in total. The summed E-state index contributed by atoms with van der Waals surface area (Å²) in [5.41, 5.74) is 8.11. The number of carbonyl (C=O) groups excluding carboxylic acids is 1. The molecule has 0 atom stereocenters. The van der Waals surface area contributed by atoms with Crippen LogP contribution in [0.25, 0.3) is 11.1 Å². The Morgan fingerprint density at radius 3 is 1.96 bits per heavy atom. The smallest absolute Gasteiger partial charge is 0.194 e. The summed E-state index contributed by atoms with van der Waals surface area (Å²) in [5, 5.41) is 2.61. The first-order chi connectivity index (χ1) is 11.2. The molecule has 0 spiro atoms. The lowest BCUT2D eigenvalue weighted by molar-refractivity contribution is 0.104. The molecular formula is C21H24OSi2. The van der Waals surface area contributed by atoms with Gasteiger partial charge in [-0.2, -0.15) is 0 Å².